The SMILES string of the molecule is CC1CN(C(=O)c2cccc(OCc3ccccc3)c2)CCO1. The molecular weight excluding hydrogens is 290 g/mol. The third-order valence-electron chi connectivity index (χ3n) is 3.86. The topological polar surface area (TPSA) is 38.8 Å². The van der Waals surface area contributed by atoms with Gasteiger partial charge in [-0.3, -0.25) is 4.79 Å². The molecule has 0 saturated carbocycles. The first kappa shape index (κ1) is 15.6. The lowest BCUT2D eigenvalue weighted by atomic mass is 10.1. The first-order valence-corrected chi connectivity index (χ1v) is 7.90. The van der Waals surface area contributed by atoms with E-state index in [2.05, 4.69) is 0 Å². The molecule has 1 heterocycles. The molecule has 0 bridgehead atoms. The van der Waals surface area contributed by atoms with Gasteiger partial charge in [-0.1, -0.05) is 36.4 Å². The highest BCUT2D eigenvalue weighted by molar-refractivity contribution is 5.94. The maximum Gasteiger partial charge on any atom is 0.254 e. The fraction of sp³-hybridized carbons (Fsp3) is 0.316. The van der Waals surface area contributed by atoms with Gasteiger partial charge in [0.2, 0.25) is 0 Å². The van der Waals surface area contributed by atoms with Crippen LogP contribution in [0.25, 0.3) is 0 Å². The van der Waals surface area contributed by atoms with Crippen LogP contribution in [0.4, 0.5) is 0 Å². The number of nitrogens with zero attached hydrogens (tertiary/aromatic N) is 1. The van der Waals surface area contributed by atoms with E-state index in [9.17, 15) is 4.79 Å². The fourth-order valence-electron chi connectivity index (χ4n) is 2.65. The molecule has 1 saturated heterocycles. The Bertz CT molecular complexity index is 657. The molecule has 1 atom stereocenters. The smallest absolute Gasteiger partial charge is 0.254 e. The molecule has 1 aliphatic heterocycles. The number of morpholine rings is 1. The lowest BCUT2D eigenvalue weighted by Crippen LogP contribution is -2.44. The quantitative estimate of drug-likeness (QED) is 0.871. The van der Waals surface area contributed by atoms with Crippen LogP contribution in [0.1, 0.15) is 22.8 Å². The van der Waals surface area contributed by atoms with E-state index in [-0.39, 0.29) is 12.0 Å². The van der Waals surface area contributed by atoms with Crippen LogP contribution in [0.2, 0.25) is 0 Å². The molecule has 2 aromatic carbocycles. The summed E-state index contributed by atoms with van der Waals surface area (Å²) in [6.07, 6.45) is 0.0882. The van der Waals surface area contributed by atoms with Gasteiger partial charge in [0.25, 0.3) is 5.91 Å². The molecule has 120 valence electrons. The summed E-state index contributed by atoms with van der Waals surface area (Å²) in [5, 5.41) is 0. The van der Waals surface area contributed by atoms with Gasteiger partial charge in [0.1, 0.15) is 12.4 Å². The Morgan fingerprint density at radius 3 is 2.83 bits per heavy atom. The van der Waals surface area contributed by atoms with Gasteiger partial charge < -0.3 is 14.4 Å². The minimum absolute atomic E-state index is 0.0327. The Kier molecular flexibility index (Phi) is 4.93. The third-order valence-corrected chi connectivity index (χ3v) is 3.86. The zero-order chi connectivity index (χ0) is 16.1. The van der Waals surface area contributed by atoms with Crippen molar-refractivity contribution < 1.29 is 14.3 Å². The Morgan fingerprint density at radius 1 is 1.22 bits per heavy atom. The summed E-state index contributed by atoms with van der Waals surface area (Å²) in [5.74, 6) is 0.742. The van der Waals surface area contributed by atoms with E-state index in [1.54, 1.807) is 0 Å². The van der Waals surface area contributed by atoms with Crippen LogP contribution in [-0.2, 0) is 11.3 Å². The largest absolute Gasteiger partial charge is 0.489 e. The molecular formula is C19H21NO3. The van der Waals surface area contributed by atoms with E-state index in [0.29, 0.717) is 37.6 Å². The third kappa shape index (κ3) is 4.11. The fourth-order valence-corrected chi connectivity index (χ4v) is 2.65. The Balaban J connectivity index is 1.66. The van der Waals surface area contributed by atoms with Gasteiger partial charge in [-0.25, -0.2) is 0 Å². The van der Waals surface area contributed by atoms with E-state index in [1.165, 1.54) is 0 Å². The first-order valence-electron chi connectivity index (χ1n) is 7.90. The highest BCUT2D eigenvalue weighted by Gasteiger charge is 2.22. The van der Waals surface area contributed by atoms with Crippen molar-refractivity contribution in [1.82, 2.24) is 4.90 Å². The number of hydrogen-bond acceptors (Lipinski definition) is 3. The van der Waals surface area contributed by atoms with Crippen LogP contribution in [-0.4, -0.2) is 36.6 Å². The van der Waals surface area contributed by atoms with Gasteiger partial charge in [-0.05, 0) is 30.7 Å². The Labute approximate surface area is 136 Å². The zero-order valence-corrected chi connectivity index (χ0v) is 13.3. The molecule has 0 aromatic heterocycles. The van der Waals surface area contributed by atoms with Gasteiger partial charge in [-0.2, -0.15) is 0 Å². The first-order chi connectivity index (χ1) is 11.2. The summed E-state index contributed by atoms with van der Waals surface area (Å²) in [7, 11) is 0. The van der Waals surface area contributed by atoms with E-state index in [0.717, 1.165) is 5.56 Å². The lowest BCUT2D eigenvalue weighted by Gasteiger charge is -2.31. The molecule has 1 unspecified atom stereocenters. The predicted molar refractivity (Wildman–Crippen MR) is 88.5 cm³/mol. The Morgan fingerprint density at radius 2 is 2.04 bits per heavy atom. The maximum absolute atomic E-state index is 12.6. The maximum atomic E-state index is 12.6. The second kappa shape index (κ2) is 7.29. The monoisotopic (exact) mass is 311 g/mol. The molecule has 1 fully saturated rings. The molecule has 0 radical (unpaired) electrons. The van der Waals surface area contributed by atoms with Crippen LogP contribution < -0.4 is 4.74 Å². The molecule has 4 heteroatoms. The second-order valence-electron chi connectivity index (χ2n) is 5.73. The molecule has 1 amide bonds. The van der Waals surface area contributed by atoms with E-state index in [4.69, 9.17) is 9.47 Å². The molecule has 23 heavy (non-hydrogen) atoms. The summed E-state index contributed by atoms with van der Waals surface area (Å²) in [6, 6.07) is 17.4. The van der Waals surface area contributed by atoms with Crippen molar-refractivity contribution in [2.24, 2.45) is 0 Å². The number of benzene rings is 2. The van der Waals surface area contributed by atoms with Gasteiger partial charge in [0.15, 0.2) is 0 Å². The summed E-state index contributed by atoms with van der Waals surface area (Å²) >= 11 is 0. The zero-order valence-electron chi connectivity index (χ0n) is 13.3. The van der Waals surface area contributed by atoms with Gasteiger partial charge in [0, 0.05) is 18.7 Å². The van der Waals surface area contributed by atoms with Crippen molar-refractivity contribution >= 4 is 5.91 Å². The highest BCUT2D eigenvalue weighted by Crippen LogP contribution is 2.18. The Hall–Kier alpha value is -2.33. The van der Waals surface area contributed by atoms with Crippen LogP contribution in [0.5, 0.6) is 5.75 Å². The van der Waals surface area contributed by atoms with E-state index in [1.807, 2.05) is 66.4 Å². The minimum Gasteiger partial charge on any atom is -0.489 e. The van der Waals surface area contributed by atoms with Gasteiger partial charge >= 0.3 is 0 Å². The van der Waals surface area contributed by atoms with Crippen LogP contribution in [0.3, 0.4) is 0 Å². The minimum atomic E-state index is 0.0327. The molecule has 1 aliphatic rings. The highest BCUT2D eigenvalue weighted by atomic mass is 16.5. The number of hydrogen-bond donors (Lipinski definition) is 0. The molecule has 0 aliphatic carbocycles. The van der Waals surface area contributed by atoms with Gasteiger partial charge in [-0.15, -0.1) is 0 Å². The van der Waals surface area contributed by atoms with Crippen molar-refractivity contribution in [2.75, 3.05) is 19.7 Å². The average Bonchev–Trinajstić information content (AvgIpc) is 2.60. The normalized spacial score (nSPS) is 17.8. The van der Waals surface area contributed by atoms with Crippen molar-refractivity contribution in [3.05, 3.63) is 65.7 Å². The predicted octanol–water partition coefficient (Wildman–Crippen LogP) is 3.13. The number of rotatable bonds is 4. The van der Waals surface area contributed by atoms with Crippen molar-refractivity contribution in [3.8, 4) is 5.75 Å². The second-order valence-corrected chi connectivity index (χ2v) is 5.73. The number of carbonyl (C=O) groups is 1. The summed E-state index contributed by atoms with van der Waals surface area (Å²) in [5.41, 5.74) is 1.76. The number of amides is 1. The average molecular weight is 311 g/mol. The molecule has 0 spiro atoms. The van der Waals surface area contributed by atoms with Crippen LogP contribution >= 0.6 is 0 Å². The molecule has 0 N–H and O–H groups in total. The summed E-state index contributed by atoms with van der Waals surface area (Å²) < 4.78 is 11.3. The number of ether oxygens (including phenoxy) is 2. The summed E-state index contributed by atoms with van der Waals surface area (Å²) in [6.45, 7) is 4.34. The van der Waals surface area contributed by atoms with Gasteiger partial charge in [0.05, 0.1) is 12.7 Å². The lowest BCUT2D eigenvalue weighted by molar-refractivity contribution is -0.0124. The van der Waals surface area contributed by atoms with Crippen molar-refractivity contribution in [2.45, 2.75) is 19.6 Å². The number of carbonyl (C=O) groups excluding carboxylic acids is 1. The standard InChI is InChI=1S/C19H21NO3/c1-15-13-20(10-11-22-15)19(21)17-8-5-9-18(12-17)23-14-16-6-3-2-4-7-16/h2-9,12,15H,10-11,13-14H2,1H3. The molecule has 4 nitrogen and oxygen atoms in total. The van der Waals surface area contributed by atoms with E-state index < -0.39 is 0 Å². The molecule has 3 rings (SSSR count). The molecule has 2 aromatic rings. The van der Waals surface area contributed by atoms with Crippen LogP contribution in [0, 0.1) is 0 Å². The van der Waals surface area contributed by atoms with Crippen molar-refractivity contribution in [1.29, 1.82) is 0 Å². The van der Waals surface area contributed by atoms with Crippen molar-refractivity contribution in [3.63, 3.8) is 0 Å². The van der Waals surface area contributed by atoms with E-state index >= 15 is 0 Å². The summed E-state index contributed by atoms with van der Waals surface area (Å²) in [4.78, 5) is 14.4. The van der Waals surface area contributed by atoms with Crippen LogP contribution in [0.15, 0.2) is 54.6 Å².